The summed E-state index contributed by atoms with van der Waals surface area (Å²) in [5, 5.41) is 4.09. The van der Waals surface area contributed by atoms with Gasteiger partial charge in [-0.15, -0.1) is 11.6 Å². The molecule has 98 valence electrons. The van der Waals surface area contributed by atoms with E-state index in [4.69, 9.17) is 11.6 Å². The van der Waals surface area contributed by atoms with Crippen molar-refractivity contribution in [2.24, 2.45) is 7.05 Å². The van der Waals surface area contributed by atoms with Gasteiger partial charge in [0, 0.05) is 30.2 Å². The van der Waals surface area contributed by atoms with Gasteiger partial charge in [-0.1, -0.05) is 0 Å². The van der Waals surface area contributed by atoms with E-state index in [0.29, 0.717) is 12.3 Å². The van der Waals surface area contributed by atoms with Gasteiger partial charge in [0.15, 0.2) is 0 Å². The van der Waals surface area contributed by atoms with Gasteiger partial charge < -0.3 is 0 Å². The molecule has 0 fully saturated rings. The first-order valence-corrected chi connectivity index (χ1v) is 7.60. The smallest absolute Gasteiger partial charge is 0.212 e. The Morgan fingerprint density at radius 2 is 2.24 bits per heavy atom. The number of halogens is 1. The lowest BCUT2D eigenvalue weighted by Gasteiger charge is -2.13. The molecule has 0 aliphatic carbocycles. The molecular weight excluding hydrogens is 262 g/mol. The minimum atomic E-state index is -3.27. The minimum Gasteiger partial charge on any atom is -0.273 e. The molecule has 0 saturated heterocycles. The molecule has 5 nitrogen and oxygen atoms in total. The maximum absolute atomic E-state index is 11.7. The largest absolute Gasteiger partial charge is 0.273 e. The average molecular weight is 280 g/mol. The van der Waals surface area contributed by atoms with Crippen molar-refractivity contribution in [3.05, 3.63) is 17.5 Å². The Kier molecular flexibility index (Phi) is 4.97. The van der Waals surface area contributed by atoms with E-state index in [1.165, 1.54) is 0 Å². The van der Waals surface area contributed by atoms with Gasteiger partial charge in [-0.05, 0) is 20.3 Å². The van der Waals surface area contributed by atoms with Crippen LogP contribution in [0.5, 0.6) is 0 Å². The predicted molar refractivity (Wildman–Crippen MR) is 68.6 cm³/mol. The van der Waals surface area contributed by atoms with Crippen LogP contribution in [0.15, 0.2) is 6.20 Å². The molecule has 1 N–H and O–H groups in total. The molecule has 0 radical (unpaired) electrons. The molecule has 0 aliphatic heterocycles. The zero-order valence-corrected chi connectivity index (χ0v) is 11.8. The van der Waals surface area contributed by atoms with Crippen LogP contribution in [-0.2, 0) is 17.1 Å². The summed E-state index contributed by atoms with van der Waals surface area (Å²) in [5.41, 5.74) is 1.85. The Hall–Kier alpha value is -0.590. The van der Waals surface area contributed by atoms with E-state index < -0.39 is 10.0 Å². The third-order valence-electron chi connectivity index (χ3n) is 2.64. The molecule has 1 aromatic heterocycles. The van der Waals surface area contributed by atoms with Crippen LogP contribution in [0.2, 0.25) is 0 Å². The van der Waals surface area contributed by atoms with Gasteiger partial charge in [0.2, 0.25) is 10.0 Å². The number of aromatic nitrogens is 2. The summed E-state index contributed by atoms with van der Waals surface area (Å²) < 4.78 is 27.7. The Morgan fingerprint density at radius 1 is 1.59 bits per heavy atom. The van der Waals surface area contributed by atoms with Gasteiger partial charge in [-0.2, -0.15) is 5.10 Å². The monoisotopic (exact) mass is 279 g/mol. The van der Waals surface area contributed by atoms with Crippen molar-refractivity contribution in [3.8, 4) is 0 Å². The number of rotatable bonds is 6. The highest BCUT2D eigenvalue weighted by atomic mass is 35.5. The molecule has 1 heterocycles. The third-order valence-corrected chi connectivity index (χ3v) is 4.45. The Labute approximate surface area is 107 Å². The van der Waals surface area contributed by atoms with E-state index in [2.05, 4.69) is 9.82 Å². The van der Waals surface area contributed by atoms with Gasteiger partial charge in [-0.25, -0.2) is 13.1 Å². The third kappa shape index (κ3) is 3.97. The maximum atomic E-state index is 11.7. The maximum Gasteiger partial charge on any atom is 0.212 e. The molecule has 0 amide bonds. The van der Waals surface area contributed by atoms with Crippen LogP contribution in [0.1, 0.15) is 30.6 Å². The van der Waals surface area contributed by atoms with Crippen LogP contribution in [0.3, 0.4) is 0 Å². The fourth-order valence-electron chi connectivity index (χ4n) is 1.58. The first-order valence-electron chi connectivity index (χ1n) is 5.42. The number of nitrogens with zero attached hydrogens (tertiary/aromatic N) is 2. The molecule has 17 heavy (non-hydrogen) atoms. The summed E-state index contributed by atoms with van der Waals surface area (Å²) in [6.07, 6.45) is 2.14. The number of aryl methyl sites for hydroxylation is 1. The summed E-state index contributed by atoms with van der Waals surface area (Å²) in [6, 6.07) is -0.274. The van der Waals surface area contributed by atoms with Crippen LogP contribution in [-0.4, -0.2) is 29.8 Å². The number of hydrogen-bond donors (Lipinski definition) is 1. The van der Waals surface area contributed by atoms with E-state index in [-0.39, 0.29) is 11.8 Å². The zero-order chi connectivity index (χ0) is 13.1. The number of nitrogens with one attached hydrogen (secondary N) is 1. The summed E-state index contributed by atoms with van der Waals surface area (Å²) in [7, 11) is -1.44. The van der Waals surface area contributed by atoms with Crippen LogP contribution >= 0.6 is 11.6 Å². The van der Waals surface area contributed by atoms with Gasteiger partial charge in [-0.3, -0.25) is 4.68 Å². The van der Waals surface area contributed by atoms with E-state index in [0.717, 1.165) is 11.3 Å². The van der Waals surface area contributed by atoms with Crippen molar-refractivity contribution >= 4 is 21.6 Å². The zero-order valence-electron chi connectivity index (χ0n) is 10.3. The molecule has 0 aromatic carbocycles. The van der Waals surface area contributed by atoms with Crippen LogP contribution < -0.4 is 4.72 Å². The molecule has 1 atom stereocenters. The Bertz CT molecular complexity index is 470. The summed E-state index contributed by atoms with van der Waals surface area (Å²) in [4.78, 5) is 0. The lowest BCUT2D eigenvalue weighted by molar-refractivity contribution is 0.565. The SMILES string of the molecule is Cc1c(C(C)NS(=O)(=O)CCCCl)cnn1C. The number of sulfonamides is 1. The predicted octanol–water partition coefficient (Wildman–Crippen LogP) is 1.34. The topological polar surface area (TPSA) is 64.0 Å². The lowest BCUT2D eigenvalue weighted by Crippen LogP contribution is -2.29. The normalized spacial score (nSPS) is 13.9. The van der Waals surface area contributed by atoms with Gasteiger partial charge in [0.05, 0.1) is 11.9 Å². The van der Waals surface area contributed by atoms with Crippen molar-refractivity contribution in [1.82, 2.24) is 14.5 Å². The van der Waals surface area contributed by atoms with Gasteiger partial charge in [0.25, 0.3) is 0 Å². The molecule has 1 aromatic rings. The molecule has 0 aliphatic rings. The van der Waals surface area contributed by atoms with E-state index in [1.807, 2.05) is 20.9 Å². The van der Waals surface area contributed by atoms with Crippen LogP contribution in [0, 0.1) is 6.92 Å². The summed E-state index contributed by atoms with van der Waals surface area (Å²) in [5.74, 6) is 0.404. The van der Waals surface area contributed by atoms with Crippen LogP contribution in [0.25, 0.3) is 0 Å². The highest BCUT2D eigenvalue weighted by molar-refractivity contribution is 7.89. The van der Waals surface area contributed by atoms with Gasteiger partial charge >= 0.3 is 0 Å². The molecule has 1 unspecified atom stereocenters. The van der Waals surface area contributed by atoms with Crippen molar-refractivity contribution in [2.75, 3.05) is 11.6 Å². The van der Waals surface area contributed by atoms with E-state index >= 15 is 0 Å². The molecule has 1 rings (SSSR count). The highest BCUT2D eigenvalue weighted by Gasteiger charge is 2.18. The second-order valence-corrected chi connectivity index (χ2v) is 6.26. The molecular formula is C10H18ClN3O2S. The fraction of sp³-hybridized carbons (Fsp3) is 0.700. The summed E-state index contributed by atoms with van der Waals surface area (Å²) >= 11 is 5.48. The number of alkyl halides is 1. The quantitative estimate of drug-likeness (QED) is 0.799. The Morgan fingerprint density at radius 3 is 2.71 bits per heavy atom. The van der Waals surface area contributed by atoms with Crippen molar-refractivity contribution in [1.29, 1.82) is 0 Å². The molecule has 7 heteroatoms. The van der Waals surface area contributed by atoms with Crippen molar-refractivity contribution < 1.29 is 8.42 Å². The minimum absolute atomic E-state index is 0.0557. The Balaban J connectivity index is 2.72. The standard InChI is InChI=1S/C10H18ClN3O2S/c1-8(10-7-12-14(3)9(10)2)13-17(15,16)6-4-5-11/h7-8,13H,4-6H2,1-3H3. The first kappa shape index (κ1) is 14.5. The molecule has 0 saturated carbocycles. The summed E-state index contributed by atoms with van der Waals surface area (Å²) in [6.45, 7) is 3.72. The van der Waals surface area contributed by atoms with Crippen LogP contribution in [0.4, 0.5) is 0 Å². The second kappa shape index (κ2) is 5.84. The van der Waals surface area contributed by atoms with E-state index in [1.54, 1.807) is 10.9 Å². The second-order valence-electron chi connectivity index (χ2n) is 4.01. The van der Waals surface area contributed by atoms with Crippen molar-refractivity contribution in [2.45, 2.75) is 26.3 Å². The molecule has 0 spiro atoms. The average Bonchev–Trinajstić information content (AvgIpc) is 2.56. The lowest BCUT2D eigenvalue weighted by atomic mass is 10.1. The molecule has 0 bridgehead atoms. The first-order chi connectivity index (χ1) is 7.87. The van der Waals surface area contributed by atoms with Crippen molar-refractivity contribution in [3.63, 3.8) is 0 Å². The van der Waals surface area contributed by atoms with Gasteiger partial charge in [0.1, 0.15) is 0 Å². The number of hydrogen-bond acceptors (Lipinski definition) is 3. The fourth-order valence-corrected chi connectivity index (χ4v) is 3.18. The highest BCUT2D eigenvalue weighted by Crippen LogP contribution is 2.17. The van der Waals surface area contributed by atoms with E-state index in [9.17, 15) is 8.42 Å².